The Morgan fingerprint density at radius 1 is 1.56 bits per heavy atom. The van der Waals surface area contributed by atoms with Gasteiger partial charge in [0.25, 0.3) is 0 Å². The molecule has 1 rings (SSSR count). The van der Waals surface area contributed by atoms with E-state index in [4.69, 9.17) is 11.0 Å². The molecule has 0 aliphatic carbocycles. The summed E-state index contributed by atoms with van der Waals surface area (Å²) in [5, 5.41) is 0. The van der Waals surface area contributed by atoms with Crippen LogP contribution in [0.4, 0.5) is 0 Å². The van der Waals surface area contributed by atoms with Crippen LogP contribution in [0.5, 0.6) is 0 Å². The van der Waals surface area contributed by atoms with Crippen LogP contribution in [0.1, 0.15) is 28.9 Å². The molecule has 0 saturated heterocycles. The lowest BCUT2D eigenvalue weighted by atomic mass is 10.1. The topological polar surface area (TPSA) is 0 Å². The Labute approximate surface area is 67.8 Å². The first-order chi connectivity index (χ1) is 7.48. The van der Waals surface area contributed by atoms with Crippen molar-refractivity contribution >= 4 is 0 Å². The highest BCUT2D eigenvalue weighted by molar-refractivity contribution is 5.24. The van der Waals surface area contributed by atoms with Gasteiger partial charge in [0.05, 0.1) is 0 Å². The van der Waals surface area contributed by atoms with Gasteiger partial charge in [-0.15, -0.1) is 0 Å². The predicted molar refractivity (Wildman–Crippen MR) is 40.6 cm³/mol. The maximum atomic E-state index is 7.59. The molecule has 0 fully saturated rings. The first kappa shape index (κ1) is 1.63. The zero-order valence-corrected chi connectivity index (χ0v) is 4.81. The summed E-state index contributed by atoms with van der Waals surface area (Å²) in [5.41, 5.74) is -0.568. The van der Waals surface area contributed by atoms with Gasteiger partial charge in [0.1, 0.15) is 0 Å². The highest BCUT2D eigenvalue weighted by atomic mass is 13.9. The summed E-state index contributed by atoms with van der Waals surface area (Å²) < 4.78 is 58.5. The number of benzene rings is 1. The average molecular weight is 128 g/mol. The van der Waals surface area contributed by atoms with Gasteiger partial charge < -0.3 is 0 Å². The Hall–Kier alpha value is -0.780. The molecule has 0 N–H and O–H groups in total. The van der Waals surface area contributed by atoms with Crippen molar-refractivity contribution in [2.45, 2.75) is 20.1 Å². The average Bonchev–Trinajstić information content (AvgIpc) is 2.14. The maximum absolute atomic E-state index is 7.59. The molecule has 0 aliphatic rings. The maximum Gasteiger partial charge on any atom is 0.0313 e. The number of hydrogen-bond donors (Lipinski definition) is 0. The molecule has 0 saturated carbocycles. The molecular weight excluding hydrogens is 108 g/mol. The summed E-state index contributed by atoms with van der Waals surface area (Å²) >= 11 is 0. The van der Waals surface area contributed by atoms with Crippen molar-refractivity contribution < 1.29 is 11.0 Å². The smallest absolute Gasteiger partial charge is 0.0313 e. The highest BCUT2D eigenvalue weighted by Crippen LogP contribution is 2.06. The van der Waals surface area contributed by atoms with Crippen molar-refractivity contribution in [2.75, 3.05) is 0 Å². The summed E-state index contributed by atoms with van der Waals surface area (Å²) in [6, 6.07) is 5.30. The van der Waals surface area contributed by atoms with Crippen LogP contribution in [0.2, 0.25) is 0 Å². The summed E-state index contributed by atoms with van der Waals surface area (Å²) in [6.07, 6.45) is -2.68. The third-order valence-corrected chi connectivity index (χ3v) is 1.06. The highest BCUT2D eigenvalue weighted by Gasteiger charge is 1.89. The van der Waals surface area contributed by atoms with Crippen LogP contribution in [-0.4, -0.2) is 0 Å². The molecule has 1 aromatic carbocycles. The quantitative estimate of drug-likeness (QED) is 0.545. The monoisotopic (exact) mass is 128 g/mol. The molecule has 0 heterocycles. The Bertz CT molecular complexity index is 400. The molecule has 0 bridgehead atoms. The van der Waals surface area contributed by atoms with Gasteiger partial charge in [0.2, 0.25) is 0 Å². The van der Waals surface area contributed by atoms with Gasteiger partial charge in [-0.05, 0) is 24.4 Å². The minimum Gasteiger partial charge on any atom is -0.0620 e. The third-order valence-electron chi connectivity index (χ3n) is 1.06. The zero-order valence-electron chi connectivity index (χ0n) is 12.8. The minimum atomic E-state index is -2.91. The van der Waals surface area contributed by atoms with E-state index in [1.807, 2.05) is 0 Å². The van der Waals surface area contributed by atoms with Crippen molar-refractivity contribution in [3.05, 3.63) is 35.4 Å². The third kappa shape index (κ3) is 1.32. The van der Waals surface area contributed by atoms with Crippen molar-refractivity contribution in [3.8, 4) is 0 Å². The second-order valence-corrected chi connectivity index (χ2v) is 1.67. The lowest BCUT2D eigenvalue weighted by molar-refractivity contribution is 1.11. The number of rotatable bonds is 1. The van der Waals surface area contributed by atoms with E-state index in [2.05, 4.69) is 0 Å². The predicted octanol–water partition coefficient (Wildman–Crippen LogP) is 2.56. The van der Waals surface area contributed by atoms with Gasteiger partial charge in [0, 0.05) is 11.0 Å². The van der Waals surface area contributed by atoms with Crippen LogP contribution in [-0.2, 0) is 6.37 Å². The van der Waals surface area contributed by atoms with Crippen LogP contribution in [0.15, 0.2) is 24.3 Å². The SMILES string of the molecule is [2H]C([2H])([2H])c1ccccc1C([2H])([2H])C([2H])([2H])[2H]. The van der Waals surface area contributed by atoms with Crippen molar-refractivity contribution in [1.29, 1.82) is 0 Å². The second kappa shape index (κ2) is 2.67. The van der Waals surface area contributed by atoms with Gasteiger partial charge in [-0.2, -0.15) is 0 Å². The molecular formula is C9H12. The van der Waals surface area contributed by atoms with Crippen LogP contribution in [0.3, 0.4) is 0 Å². The van der Waals surface area contributed by atoms with E-state index in [-0.39, 0.29) is 11.1 Å². The Morgan fingerprint density at radius 2 is 2.44 bits per heavy atom. The Morgan fingerprint density at radius 3 is 3.22 bits per heavy atom. The van der Waals surface area contributed by atoms with Crippen LogP contribution < -0.4 is 0 Å². The molecule has 9 heavy (non-hydrogen) atoms. The molecule has 48 valence electrons. The summed E-state index contributed by atoms with van der Waals surface area (Å²) in [4.78, 5) is 0. The van der Waals surface area contributed by atoms with Gasteiger partial charge in [-0.3, -0.25) is 0 Å². The van der Waals surface area contributed by atoms with Crippen LogP contribution >= 0.6 is 0 Å². The molecule has 0 unspecified atom stereocenters. The molecule has 0 nitrogen and oxygen atoms in total. The molecule has 0 atom stereocenters. The molecule has 0 aromatic heterocycles. The van der Waals surface area contributed by atoms with E-state index in [0.717, 1.165) is 0 Å². The minimum absolute atomic E-state index is 0.263. The first-order valence-electron chi connectivity index (χ1n) is 6.58. The van der Waals surface area contributed by atoms with Gasteiger partial charge >= 0.3 is 0 Å². The molecule has 0 aliphatic heterocycles. The number of aryl methyl sites for hydroxylation is 2. The van der Waals surface area contributed by atoms with Gasteiger partial charge in [-0.1, -0.05) is 31.1 Å². The first-order valence-corrected chi connectivity index (χ1v) is 2.58. The number of hydrogen-bond acceptors (Lipinski definition) is 0. The largest absolute Gasteiger partial charge is 0.0620 e. The molecule has 0 radical (unpaired) electrons. The fraction of sp³-hybridized carbons (Fsp3) is 0.333. The van der Waals surface area contributed by atoms with Gasteiger partial charge in [0.15, 0.2) is 0 Å². The van der Waals surface area contributed by atoms with E-state index >= 15 is 0 Å². The molecule has 0 amide bonds. The van der Waals surface area contributed by atoms with E-state index < -0.39 is 20.1 Å². The van der Waals surface area contributed by atoms with Crippen LogP contribution in [0.25, 0.3) is 0 Å². The van der Waals surface area contributed by atoms with E-state index in [0.29, 0.717) is 0 Å². The molecule has 0 spiro atoms. The van der Waals surface area contributed by atoms with E-state index in [9.17, 15) is 0 Å². The van der Waals surface area contributed by atoms with Crippen molar-refractivity contribution in [1.82, 2.24) is 0 Å². The van der Waals surface area contributed by atoms with Crippen molar-refractivity contribution in [2.24, 2.45) is 0 Å². The standard InChI is InChI=1S/C9H12/c1-3-9-7-5-4-6-8(9)2/h4-7H,3H2,1-2H3/i1D3,2D3,3D2. The van der Waals surface area contributed by atoms with E-state index in [1.54, 1.807) is 0 Å². The fourth-order valence-electron chi connectivity index (χ4n) is 0.592. The lowest BCUT2D eigenvalue weighted by Gasteiger charge is -1.98. The molecule has 1 aromatic rings. The summed E-state index contributed by atoms with van der Waals surface area (Å²) in [7, 11) is 0. The fourth-order valence-corrected chi connectivity index (χ4v) is 0.592. The summed E-state index contributed by atoms with van der Waals surface area (Å²) in [5.74, 6) is 0. The zero-order chi connectivity index (χ0) is 13.5. The lowest BCUT2D eigenvalue weighted by Crippen LogP contribution is -1.82. The van der Waals surface area contributed by atoms with E-state index in [1.165, 1.54) is 24.3 Å². The van der Waals surface area contributed by atoms with Crippen LogP contribution in [0, 0.1) is 6.85 Å². The van der Waals surface area contributed by atoms with Gasteiger partial charge in [-0.25, -0.2) is 0 Å². The second-order valence-electron chi connectivity index (χ2n) is 1.67. The normalized spacial score (nSPS) is 27.1. The Balaban J connectivity index is 3.43. The Kier molecular flexibility index (Phi) is 0.484. The van der Waals surface area contributed by atoms with Crippen molar-refractivity contribution in [3.63, 3.8) is 0 Å². The molecule has 0 heteroatoms. The summed E-state index contributed by atoms with van der Waals surface area (Å²) in [6.45, 7) is -5.44.